The highest BCUT2D eigenvalue weighted by atomic mass is 16.5. The number of ether oxygens (including phenoxy) is 1. The molecule has 0 saturated heterocycles. The third-order valence-corrected chi connectivity index (χ3v) is 3.74. The smallest absolute Gasteiger partial charge is 0.218 e. The Balaban J connectivity index is 1.76. The maximum absolute atomic E-state index is 5.54. The fourth-order valence-electron chi connectivity index (χ4n) is 2.56. The summed E-state index contributed by atoms with van der Waals surface area (Å²) < 4.78 is 7.58. The number of guanidine groups is 1. The van der Waals surface area contributed by atoms with Crippen molar-refractivity contribution in [1.29, 1.82) is 0 Å². The molecule has 0 radical (unpaired) electrons. The van der Waals surface area contributed by atoms with Gasteiger partial charge in [0.15, 0.2) is 5.96 Å². The van der Waals surface area contributed by atoms with E-state index in [4.69, 9.17) is 4.74 Å². The van der Waals surface area contributed by atoms with Gasteiger partial charge in [0.05, 0.1) is 12.3 Å². The lowest BCUT2D eigenvalue weighted by molar-refractivity contribution is 0.322. The molecular formula is C18H28N6O. The number of rotatable bonds is 8. The van der Waals surface area contributed by atoms with Gasteiger partial charge in [0, 0.05) is 44.1 Å². The van der Waals surface area contributed by atoms with Crippen molar-refractivity contribution >= 4 is 5.96 Å². The highest BCUT2D eigenvalue weighted by molar-refractivity contribution is 5.79. The van der Waals surface area contributed by atoms with Gasteiger partial charge in [0.25, 0.3) is 0 Å². The molecule has 2 aromatic rings. The Kier molecular flexibility index (Phi) is 7.25. The largest absolute Gasteiger partial charge is 0.478 e. The number of nitrogens with zero attached hydrogens (tertiary/aromatic N) is 4. The molecule has 0 unspecified atom stereocenters. The molecule has 0 bridgehead atoms. The minimum Gasteiger partial charge on any atom is -0.478 e. The summed E-state index contributed by atoms with van der Waals surface area (Å²) in [4.78, 5) is 8.51. The summed E-state index contributed by atoms with van der Waals surface area (Å²) in [6.45, 7) is 8.98. The third-order valence-electron chi connectivity index (χ3n) is 3.74. The Morgan fingerprint density at radius 1 is 1.32 bits per heavy atom. The van der Waals surface area contributed by atoms with Crippen molar-refractivity contribution in [1.82, 2.24) is 25.4 Å². The lowest BCUT2D eigenvalue weighted by Gasteiger charge is -2.14. The van der Waals surface area contributed by atoms with E-state index in [0.29, 0.717) is 19.0 Å². The molecule has 0 spiro atoms. The van der Waals surface area contributed by atoms with Crippen LogP contribution in [0.3, 0.4) is 0 Å². The Bertz CT molecular complexity index is 695. The molecule has 0 fully saturated rings. The van der Waals surface area contributed by atoms with E-state index in [9.17, 15) is 0 Å². The first-order valence-corrected chi connectivity index (χ1v) is 8.66. The van der Waals surface area contributed by atoms with Crippen LogP contribution < -0.4 is 15.4 Å². The van der Waals surface area contributed by atoms with Crippen molar-refractivity contribution in [2.45, 2.75) is 40.3 Å². The predicted octanol–water partition coefficient (Wildman–Crippen LogP) is 2.05. The standard InChI is InChI=1S/C18H28N6O/c1-5-25-17-16(8-6-9-20-17)13-22-18(19-4)21-10-7-11-24-15(3)12-14(2)23-24/h6,8-9,12H,5,7,10-11,13H2,1-4H3,(H2,19,21,22). The number of hydrogen-bond acceptors (Lipinski definition) is 4. The summed E-state index contributed by atoms with van der Waals surface area (Å²) in [7, 11) is 1.77. The summed E-state index contributed by atoms with van der Waals surface area (Å²) >= 11 is 0. The van der Waals surface area contributed by atoms with E-state index in [2.05, 4.69) is 38.7 Å². The van der Waals surface area contributed by atoms with Crippen LogP contribution in [-0.4, -0.2) is 40.9 Å². The van der Waals surface area contributed by atoms with Crippen molar-refractivity contribution < 1.29 is 4.74 Å². The summed E-state index contributed by atoms with van der Waals surface area (Å²) in [6.07, 6.45) is 2.71. The summed E-state index contributed by atoms with van der Waals surface area (Å²) in [6, 6.07) is 6.00. The number of hydrogen-bond donors (Lipinski definition) is 2. The first kappa shape index (κ1) is 18.8. The highest BCUT2D eigenvalue weighted by Crippen LogP contribution is 2.13. The first-order chi connectivity index (χ1) is 12.1. The van der Waals surface area contributed by atoms with Gasteiger partial charge in [-0.15, -0.1) is 0 Å². The van der Waals surface area contributed by atoms with Crippen LogP contribution in [0, 0.1) is 13.8 Å². The molecule has 2 N–H and O–H groups in total. The Morgan fingerprint density at radius 2 is 2.16 bits per heavy atom. The van der Waals surface area contributed by atoms with Crippen molar-refractivity contribution in [3.05, 3.63) is 41.3 Å². The van der Waals surface area contributed by atoms with Gasteiger partial charge < -0.3 is 15.4 Å². The van der Waals surface area contributed by atoms with Crippen LogP contribution in [-0.2, 0) is 13.1 Å². The van der Waals surface area contributed by atoms with Crippen LogP contribution in [0.5, 0.6) is 5.88 Å². The molecule has 136 valence electrons. The quantitative estimate of drug-likeness (QED) is 0.435. The van der Waals surface area contributed by atoms with Crippen LogP contribution in [0.25, 0.3) is 0 Å². The van der Waals surface area contributed by atoms with E-state index in [-0.39, 0.29) is 0 Å². The molecule has 0 aromatic carbocycles. The second-order valence-electron chi connectivity index (χ2n) is 5.76. The van der Waals surface area contributed by atoms with Crippen LogP contribution in [0.4, 0.5) is 0 Å². The normalized spacial score (nSPS) is 11.4. The molecule has 7 nitrogen and oxygen atoms in total. The van der Waals surface area contributed by atoms with Gasteiger partial charge in [-0.3, -0.25) is 9.67 Å². The average Bonchev–Trinajstić information content (AvgIpc) is 2.93. The van der Waals surface area contributed by atoms with Gasteiger partial charge >= 0.3 is 0 Å². The second-order valence-corrected chi connectivity index (χ2v) is 5.76. The van der Waals surface area contributed by atoms with Gasteiger partial charge in [-0.1, -0.05) is 6.07 Å². The maximum atomic E-state index is 5.54. The highest BCUT2D eigenvalue weighted by Gasteiger charge is 2.05. The number of aromatic nitrogens is 3. The second kappa shape index (κ2) is 9.66. The minimum atomic E-state index is 0.601. The van der Waals surface area contributed by atoms with Gasteiger partial charge in [0.1, 0.15) is 0 Å². The zero-order valence-corrected chi connectivity index (χ0v) is 15.5. The van der Waals surface area contributed by atoms with Crippen molar-refractivity contribution in [3.63, 3.8) is 0 Å². The van der Waals surface area contributed by atoms with Gasteiger partial charge in [-0.2, -0.15) is 5.10 Å². The Hall–Kier alpha value is -2.57. The van der Waals surface area contributed by atoms with E-state index in [0.717, 1.165) is 36.7 Å². The fraction of sp³-hybridized carbons (Fsp3) is 0.500. The van der Waals surface area contributed by atoms with Gasteiger partial charge in [-0.05, 0) is 39.3 Å². The molecule has 7 heteroatoms. The zero-order chi connectivity index (χ0) is 18.1. The van der Waals surface area contributed by atoms with Crippen LogP contribution >= 0.6 is 0 Å². The molecule has 25 heavy (non-hydrogen) atoms. The third kappa shape index (κ3) is 5.77. The number of pyridine rings is 1. The minimum absolute atomic E-state index is 0.601. The molecule has 0 amide bonds. The van der Waals surface area contributed by atoms with E-state index in [1.807, 2.05) is 30.7 Å². The molecule has 0 aliphatic rings. The van der Waals surface area contributed by atoms with E-state index in [1.165, 1.54) is 5.69 Å². The molecular weight excluding hydrogens is 316 g/mol. The lowest BCUT2D eigenvalue weighted by atomic mass is 10.2. The van der Waals surface area contributed by atoms with Crippen LogP contribution in [0.1, 0.15) is 30.3 Å². The van der Waals surface area contributed by atoms with Crippen molar-refractivity contribution in [3.8, 4) is 5.88 Å². The van der Waals surface area contributed by atoms with Gasteiger partial charge in [-0.25, -0.2) is 4.98 Å². The molecule has 2 rings (SSSR count). The maximum Gasteiger partial charge on any atom is 0.218 e. The van der Waals surface area contributed by atoms with Crippen molar-refractivity contribution in [2.24, 2.45) is 4.99 Å². The molecule has 0 aliphatic carbocycles. The SMILES string of the molecule is CCOc1ncccc1CNC(=NC)NCCCn1nc(C)cc1C. The molecule has 2 heterocycles. The molecule has 2 aromatic heterocycles. The number of aryl methyl sites for hydroxylation is 3. The van der Waals surface area contributed by atoms with E-state index in [1.54, 1.807) is 13.2 Å². The van der Waals surface area contributed by atoms with Crippen molar-refractivity contribution in [2.75, 3.05) is 20.2 Å². The zero-order valence-electron chi connectivity index (χ0n) is 15.5. The first-order valence-electron chi connectivity index (χ1n) is 8.66. The molecule has 0 aliphatic heterocycles. The van der Waals surface area contributed by atoms with Crippen LogP contribution in [0.2, 0.25) is 0 Å². The van der Waals surface area contributed by atoms with Crippen LogP contribution in [0.15, 0.2) is 29.4 Å². The van der Waals surface area contributed by atoms with E-state index >= 15 is 0 Å². The summed E-state index contributed by atoms with van der Waals surface area (Å²) in [5.41, 5.74) is 3.26. The topological polar surface area (TPSA) is 76.4 Å². The average molecular weight is 344 g/mol. The van der Waals surface area contributed by atoms with Gasteiger partial charge in [0.2, 0.25) is 5.88 Å². The number of aliphatic imine (C=N–C) groups is 1. The fourth-order valence-corrected chi connectivity index (χ4v) is 2.56. The Morgan fingerprint density at radius 3 is 2.84 bits per heavy atom. The summed E-state index contributed by atoms with van der Waals surface area (Å²) in [5.74, 6) is 1.43. The number of nitrogens with one attached hydrogen (secondary N) is 2. The molecule has 0 saturated carbocycles. The lowest BCUT2D eigenvalue weighted by Crippen LogP contribution is -2.37. The Labute approximate surface area is 149 Å². The summed E-state index contributed by atoms with van der Waals surface area (Å²) in [5, 5.41) is 11.1. The monoisotopic (exact) mass is 344 g/mol. The molecule has 0 atom stereocenters. The van der Waals surface area contributed by atoms with E-state index < -0.39 is 0 Å². The predicted molar refractivity (Wildman–Crippen MR) is 99.9 cm³/mol.